The Balaban J connectivity index is 2.14. The van der Waals surface area contributed by atoms with Gasteiger partial charge in [0.05, 0.1) is 0 Å². The quantitative estimate of drug-likeness (QED) is 0.906. The fourth-order valence-corrected chi connectivity index (χ4v) is 2.39. The standard InChI is InChI=1S/C15H22F2N2/c1-11(2)15(16,17)13-6-4-12(5-7-13)14-10-19(3)9-8-18-14/h4-7,11,14,18H,8-10H2,1-3H3. The molecule has 0 bridgehead atoms. The van der Waals surface area contributed by atoms with Crippen LogP contribution in [0.15, 0.2) is 24.3 Å². The van der Waals surface area contributed by atoms with Gasteiger partial charge in [-0.2, -0.15) is 0 Å². The molecule has 2 nitrogen and oxygen atoms in total. The molecule has 1 aliphatic rings. The Morgan fingerprint density at radius 1 is 1.26 bits per heavy atom. The molecule has 1 fully saturated rings. The molecule has 0 spiro atoms. The summed E-state index contributed by atoms with van der Waals surface area (Å²) >= 11 is 0. The van der Waals surface area contributed by atoms with Gasteiger partial charge in [-0.1, -0.05) is 38.1 Å². The van der Waals surface area contributed by atoms with E-state index >= 15 is 0 Å². The minimum atomic E-state index is -2.75. The van der Waals surface area contributed by atoms with Crippen molar-refractivity contribution >= 4 is 0 Å². The molecule has 1 unspecified atom stereocenters. The summed E-state index contributed by atoms with van der Waals surface area (Å²) in [6.07, 6.45) is 0. The van der Waals surface area contributed by atoms with Crippen LogP contribution in [-0.2, 0) is 5.92 Å². The first-order valence-corrected chi connectivity index (χ1v) is 6.81. The van der Waals surface area contributed by atoms with Crippen LogP contribution in [0.2, 0.25) is 0 Å². The van der Waals surface area contributed by atoms with Crippen molar-refractivity contribution in [3.8, 4) is 0 Å². The molecule has 0 radical (unpaired) electrons. The highest BCUT2D eigenvalue weighted by molar-refractivity contribution is 5.28. The van der Waals surface area contributed by atoms with Crippen LogP contribution in [0.1, 0.15) is 31.0 Å². The van der Waals surface area contributed by atoms with Gasteiger partial charge in [-0.15, -0.1) is 0 Å². The van der Waals surface area contributed by atoms with Gasteiger partial charge >= 0.3 is 0 Å². The Morgan fingerprint density at radius 3 is 2.42 bits per heavy atom. The maximum atomic E-state index is 13.9. The van der Waals surface area contributed by atoms with Gasteiger partial charge in [0.25, 0.3) is 5.92 Å². The molecule has 4 heteroatoms. The van der Waals surface area contributed by atoms with E-state index in [1.807, 2.05) is 12.1 Å². The van der Waals surface area contributed by atoms with E-state index in [1.54, 1.807) is 26.0 Å². The van der Waals surface area contributed by atoms with Crippen LogP contribution in [0, 0.1) is 5.92 Å². The van der Waals surface area contributed by atoms with E-state index in [9.17, 15) is 8.78 Å². The maximum Gasteiger partial charge on any atom is 0.275 e. The number of benzene rings is 1. The van der Waals surface area contributed by atoms with Crippen molar-refractivity contribution in [2.24, 2.45) is 5.92 Å². The van der Waals surface area contributed by atoms with Gasteiger partial charge < -0.3 is 10.2 Å². The molecule has 0 amide bonds. The van der Waals surface area contributed by atoms with Crippen LogP contribution < -0.4 is 5.32 Å². The SMILES string of the molecule is CC(C)C(F)(F)c1ccc(C2CN(C)CCN2)cc1. The molecule has 0 saturated carbocycles. The average Bonchev–Trinajstić information content (AvgIpc) is 2.38. The number of nitrogens with zero attached hydrogens (tertiary/aromatic N) is 1. The fourth-order valence-electron chi connectivity index (χ4n) is 2.39. The average molecular weight is 268 g/mol. The van der Waals surface area contributed by atoms with Crippen molar-refractivity contribution in [1.82, 2.24) is 10.2 Å². The van der Waals surface area contributed by atoms with Crippen molar-refractivity contribution in [3.05, 3.63) is 35.4 Å². The number of hydrogen-bond acceptors (Lipinski definition) is 2. The minimum absolute atomic E-state index is 0.107. The second-order valence-corrected chi connectivity index (χ2v) is 5.67. The normalized spacial score (nSPS) is 21.9. The highest BCUT2D eigenvalue weighted by Crippen LogP contribution is 2.36. The minimum Gasteiger partial charge on any atom is -0.308 e. The zero-order valence-corrected chi connectivity index (χ0v) is 11.8. The van der Waals surface area contributed by atoms with Crippen molar-refractivity contribution in [2.75, 3.05) is 26.7 Å². The largest absolute Gasteiger partial charge is 0.308 e. The molecular formula is C15H22F2N2. The summed E-state index contributed by atoms with van der Waals surface area (Å²) in [6, 6.07) is 7.00. The Hall–Kier alpha value is -1.00. The van der Waals surface area contributed by atoms with Gasteiger partial charge in [0, 0.05) is 37.2 Å². The summed E-state index contributed by atoms with van der Waals surface area (Å²) in [5.41, 5.74) is 1.19. The number of nitrogens with one attached hydrogen (secondary N) is 1. The molecule has 1 atom stereocenters. The van der Waals surface area contributed by atoms with Crippen LogP contribution in [-0.4, -0.2) is 31.6 Å². The third-order valence-electron chi connectivity index (χ3n) is 3.80. The van der Waals surface area contributed by atoms with E-state index in [0.29, 0.717) is 0 Å². The lowest BCUT2D eigenvalue weighted by molar-refractivity contribution is -0.0514. The summed E-state index contributed by atoms with van der Waals surface area (Å²) in [6.45, 7) is 5.97. The lowest BCUT2D eigenvalue weighted by Crippen LogP contribution is -2.43. The summed E-state index contributed by atoms with van der Waals surface area (Å²) < 4.78 is 27.8. The predicted molar refractivity (Wildman–Crippen MR) is 73.4 cm³/mol. The highest BCUT2D eigenvalue weighted by Gasteiger charge is 2.35. The molecular weight excluding hydrogens is 246 g/mol. The van der Waals surface area contributed by atoms with Gasteiger partial charge in [0.2, 0.25) is 0 Å². The van der Waals surface area contributed by atoms with Gasteiger partial charge in [0.15, 0.2) is 0 Å². The third kappa shape index (κ3) is 3.12. The van der Waals surface area contributed by atoms with Crippen molar-refractivity contribution < 1.29 is 8.78 Å². The second-order valence-electron chi connectivity index (χ2n) is 5.67. The van der Waals surface area contributed by atoms with Crippen molar-refractivity contribution in [1.29, 1.82) is 0 Å². The first-order chi connectivity index (χ1) is 8.91. The van der Waals surface area contributed by atoms with E-state index in [2.05, 4.69) is 17.3 Å². The summed E-state index contributed by atoms with van der Waals surface area (Å²) in [4.78, 5) is 2.25. The van der Waals surface area contributed by atoms with Crippen LogP contribution in [0.3, 0.4) is 0 Å². The topological polar surface area (TPSA) is 15.3 Å². The number of halogens is 2. The Morgan fingerprint density at radius 2 is 1.89 bits per heavy atom. The Kier molecular flexibility index (Phi) is 4.21. The molecule has 1 saturated heterocycles. The highest BCUT2D eigenvalue weighted by atomic mass is 19.3. The molecule has 2 rings (SSSR count). The summed E-state index contributed by atoms with van der Waals surface area (Å²) in [5, 5.41) is 3.42. The molecule has 1 aliphatic heterocycles. The zero-order chi connectivity index (χ0) is 14.0. The van der Waals surface area contributed by atoms with Gasteiger partial charge in [-0.3, -0.25) is 0 Å². The Bertz CT molecular complexity index is 415. The van der Waals surface area contributed by atoms with Crippen LogP contribution in [0.5, 0.6) is 0 Å². The first-order valence-electron chi connectivity index (χ1n) is 6.81. The van der Waals surface area contributed by atoms with Crippen LogP contribution in [0.25, 0.3) is 0 Å². The van der Waals surface area contributed by atoms with E-state index < -0.39 is 11.8 Å². The van der Waals surface area contributed by atoms with Gasteiger partial charge in [-0.05, 0) is 12.6 Å². The molecule has 106 valence electrons. The van der Waals surface area contributed by atoms with E-state index in [-0.39, 0.29) is 11.6 Å². The molecule has 1 aromatic carbocycles. The molecule has 0 aromatic heterocycles. The molecule has 1 heterocycles. The number of hydrogen-bond donors (Lipinski definition) is 1. The summed E-state index contributed by atoms with van der Waals surface area (Å²) in [5.74, 6) is -3.44. The predicted octanol–water partition coefficient (Wildman–Crippen LogP) is 3.01. The van der Waals surface area contributed by atoms with Gasteiger partial charge in [-0.25, -0.2) is 8.78 Å². The summed E-state index contributed by atoms with van der Waals surface area (Å²) in [7, 11) is 2.08. The van der Waals surface area contributed by atoms with Crippen molar-refractivity contribution in [2.45, 2.75) is 25.8 Å². The van der Waals surface area contributed by atoms with Crippen molar-refractivity contribution in [3.63, 3.8) is 0 Å². The monoisotopic (exact) mass is 268 g/mol. The molecule has 19 heavy (non-hydrogen) atoms. The Labute approximate surface area is 113 Å². The molecule has 1 N–H and O–H groups in total. The zero-order valence-electron chi connectivity index (χ0n) is 11.8. The van der Waals surface area contributed by atoms with E-state index in [4.69, 9.17) is 0 Å². The molecule has 0 aliphatic carbocycles. The number of likely N-dealkylation sites (N-methyl/N-ethyl adjacent to an activating group) is 1. The van der Waals surface area contributed by atoms with Crippen LogP contribution >= 0.6 is 0 Å². The lowest BCUT2D eigenvalue weighted by Gasteiger charge is -2.31. The first kappa shape index (κ1) is 14.4. The smallest absolute Gasteiger partial charge is 0.275 e. The fraction of sp³-hybridized carbons (Fsp3) is 0.600. The lowest BCUT2D eigenvalue weighted by atomic mass is 9.95. The number of alkyl halides is 2. The van der Waals surface area contributed by atoms with Gasteiger partial charge in [0.1, 0.15) is 0 Å². The maximum absolute atomic E-state index is 13.9. The van der Waals surface area contributed by atoms with Crippen LogP contribution in [0.4, 0.5) is 8.78 Å². The number of piperazine rings is 1. The second kappa shape index (κ2) is 5.55. The molecule has 1 aromatic rings. The third-order valence-corrected chi connectivity index (χ3v) is 3.80. The van der Waals surface area contributed by atoms with E-state index in [1.165, 1.54) is 0 Å². The van der Waals surface area contributed by atoms with E-state index in [0.717, 1.165) is 25.2 Å². The number of rotatable bonds is 3.